The van der Waals surface area contributed by atoms with Gasteiger partial charge in [0.05, 0.1) is 34.0 Å². The molecule has 3 rings (SSSR count). The van der Waals surface area contributed by atoms with Crippen molar-refractivity contribution < 1.29 is 23.0 Å². The van der Waals surface area contributed by atoms with E-state index in [1.54, 1.807) is 0 Å². The molecular weight excluding hydrogens is 347 g/mol. The zero-order chi connectivity index (χ0) is 20.4. The Bertz CT molecular complexity index is 727. The minimum Gasteiger partial charge on any atom is -0.399 e. The van der Waals surface area contributed by atoms with Crippen LogP contribution >= 0.6 is 0 Å². The van der Waals surface area contributed by atoms with Crippen molar-refractivity contribution in [2.24, 2.45) is 0 Å². The highest BCUT2D eigenvalue weighted by Crippen LogP contribution is 2.38. The predicted octanol–water partition coefficient (Wildman–Crippen LogP) is 2.30. The molecule has 0 N–H and O–H groups in total. The molecule has 144 valence electrons. The minimum absolute atomic E-state index is 0.258. The second-order valence-electron chi connectivity index (χ2n) is 9.25. The van der Waals surface area contributed by atoms with Gasteiger partial charge in [0.15, 0.2) is 0 Å². The third-order valence-electron chi connectivity index (χ3n) is 6.29. The summed E-state index contributed by atoms with van der Waals surface area (Å²) in [6.07, 6.45) is 0. The van der Waals surface area contributed by atoms with Crippen molar-refractivity contribution in [2.45, 2.75) is 77.8 Å². The van der Waals surface area contributed by atoms with Crippen LogP contribution in [0.5, 0.6) is 0 Å². The Kier molecular flexibility index (Phi) is 4.56. The van der Waals surface area contributed by atoms with Crippen LogP contribution in [0.4, 0.5) is 4.39 Å². The SMILES string of the molecule is CC1(C)OB(c2cc(F)cc(B3OC(C)(C)C(C)(C)O3)c2C#N)OC1(C)C. The fourth-order valence-corrected chi connectivity index (χ4v) is 3.09. The Morgan fingerprint density at radius 2 is 1.04 bits per heavy atom. The summed E-state index contributed by atoms with van der Waals surface area (Å²) < 4.78 is 38.6. The van der Waals surface area contributed by atoms with Crippen molar-refractivity contribution in [2.75, 3.05) is 0 Å². The highest BCUT2D eigenvalue weighted by Gasteiger charge is 2.55. The van der Waals surface area contributed by atoms with Crippen LogP contribution in [0.2, 0.25) is 0 Å². The van der Waals surface area contributed by atoms with Gasteiger partial charge < -0.3 is 18.6 Å². The molecule has 0 unspecified atom stereocenters. The lowest BCUT2D eigenvalue weighted by Crippen LogP contribution is -2.45. The van der Waals surface area contributed by atoms with E-state index in [0.29, 0.717) is 10.9 Å². The Balaban J connectivity index is 2.06. The largest absolute Gasteiger partial charge is 0.496 e. The van der Waals surface area contributed by atoms with Crippen molar-refractivity contribution in [1.82, 2.24) is 0 Å². The van der Waals surface area contributed by atoms with E-state index in [0.717, 1.165) is 0 Å². The maximum Gasteiger partial charge on any atom is 0.496 e. The van der Waals surface area contributed by atoms with Gasteiger partial charge in [-0.25, -0.2) is 4.39 Å². The van der Waals surface area contributed by atoms with Crippen molar-refractivity contribution in [1.29, 1.82) is 5.26 Å². The topological polar surface area (TPSA) is 60.7 Å². The highest BCUT2D eigenvalue weighted by molar-refractivity contribution is 6.67. The Labute approximate surface area is 161 Å². The van der Waals surface area contributed by atoms with Crippen LogP contribution in [-0.4, -0.2) is 36.6 Å². The molecule has 27 heavy (non-hydrogen) atoms. The van der Waals surface area contributed by atoms with Gasteiger partial charge in [-0.1, -0.05) is 0 Å². The molecule has 0 bridgehead atoms. The molecule has 2 saturated heterocycles. The number of nitrogens with zero attached hydrogens (tertiary/aromatic N) is 1. The van der Waals surface area contributed by atoms with Crippen molar-refractivity contribution in [3.05, 3.63) is 23.5 Å². The van der Waals surface area contributed by atoms with Crippen LogP contribution in [0.3, 0.4) is 0 Å². The average Bonchev–Trinajstić information content (AvgIpc) is 2.86. The van der Waals surface area contributed by atoms with Crippen molar-refractivity contribution in [3.8, 4) is 6.07 Å². The molecule has 0 saturated carbocycles. The van der Waals surface area contributed by atoms with Gasteiger partial charge in [0, 0.05) is 10.9 Å². The summed E-state index contributed by atoms with van der Waals surface area (Å²) in [5.74, 6) is -0.497. The summed E-state index contributed by atoms with van der Waals surface area (Å²) >= 11 is 0. The predicted molar refractivity (Wildman–Crippen MR) is 103 cm³/mol. The number of rotatable bonds is 2. The lowest BCUT2D eigenvalue weighted by molar-refractivity contribution is 0.00578. The van der Waals surface area contributed by atoms with Gasteiger partial charge in [0.1, 0.15) is 5.82 Å². The van der Waals surface area contributed by atoms with Gasteiger partial charge >= 0.3 is 14.2 Å². The van der Waals surface area contributed by atoms with E-state index in [2.05, 4.69) is 6.07 Å². The highest BCUT2D eigenvalue weighted by atomic mass is 19.1. The monoisotopic (exact) mass is 373 g/mol. The first-order valence-corrected chi connectivity index (χ1v) is 9.15. The van der Waals surface area contributed by atoms with Gasteiger partial charge in [0.25, 0.3) is 0 Å². The van der Waals surface area contributed by atoms with Crippen LogP contribution in [-0.2, 0) is 18.6 Å². The molecule has 0 aromatic heterocycles. The number of nitriles is 1. The fraction of sp³-hybridized carbons (Fsp3) is 0.632. The van der Waals surface area contributed by atoms with Crippen LogP contribution in [0.25, 0.3) is 0 Å². The molecule has 0 spiro atoms. The summed E-state index contributed by atoms with van der Waals surface area (Å²) in [6.45, 7) is 15.3. The number of benzene rings is 1. The average molecular weight is 373 g/mol. The van der Waals surface area contributed by atoms with Crippen LogP contribution in [0, 0.1) is 17.1 Å². The third-order valence-corrected chi connectivity index (χ3v) is 6.29. The van der Waals surface area contributed by atoms with E-state index in [4.69, 9.17) is 18.6 Å². The van der Waals surface area contributed by atoms with E-state index in [1.807, 2.05) is 55.4 Å². The first-order valence-electron chi connectivity index (χ1n) is 9.15. The summed E-state index contributed by atoms with van der Waals surface area (Å²) in [4.78, 5) is 0. The third kappa shape index (κ3) is 3.21. The quantitative estimate of drug-likeness (QED) is 0.745. The van der Waals surface area contributed by atoms with Gasteiger partial charge in [-0.3, -0.25) is 0 Å². The lowest BCUT2D eigenvalue weighted by Gasteiger charge is -2.32. The van der Waals surface area contributed by atoms with E-state index in [9.17, 15) is 9.65 Å². The Morgan fingerprint density at radius 3 is 1.30 bits per heavy atom. The van der Waals surface area contributed by atoms with Gasteiger partial charge in [-0.15, -0.1) is 0 Å². The molecular formula is C19H26B2FNO4. The summed E-state index contributed by atoms with van der Waals surface area (Å²) in [6, 6.07) is 4.74. The van der Waals surface area contributed by atoms with Crippen molar-refractivity contribution >= 4 is 25.2 Å². The summed E-state index contributed by atoms with van der Waals surface area (Å²) in [7, 11) is -1.69. The fourth-order valence-electron chi connectivity index (χ4n) is 3.09. The van der Waals surface area contributed by atoms with E-state index in [-0.39, 0.29) is 5.56 Å². The van der Waals surface area contributed by atoms with Gasteiger partial charge in [0.2, 0.25) is 0 Å². The normalized spacial score (nSPS) is 24.9. The molecule has 2 aliphatic heterocycles. The first kappa shape index (κ1) is 20.3. The maximum atomic E-state index is 14.5. The lowest BCUT2D eigenvalue weighted by atomic mass is 9.68. The molecule has 0 aliphatic carbocycles. The molecule has 8 heteroatoms. The van der Waals surface area contributed by atoms with E-state index >= 15 is 0 Å². The van der Waals surface area contributed by atoms with Crippen LogP contribution in [0.1, 0.15) is 61.0 Å². The molecule has 1 aromatic carbocycles. The standard InChI is InChI=1S/C19H26B2FNO4/c1-16(2)17(3,4)25-20(24-16)14-9-12(22)10-15(13(14)11-23)21-26-18(5,6)19(7,8)27-21/h9-10H,1-8H3. The molecule has 2 heterocycles. The molecule has 2 fully saturated rings. The van der Waals surface area contributed by atoms with E-state index in [1.165, 1.54) is 12.1 Å². The van der Waals surface area contributed by atoms with Crippen LogP contribution < -0.4 is 10.9 Å². The zero-order valence-corrected chi connectivity index (χ0v) is 17.3. The smallest absolute Gasteiger partial charge is 0.399 e. The first-order chi connectivity index (χ1) is 12.2. The number of hydrogen-bond acceptors (Lipinski definition) is 5. The summed E-state index contributed by atoms with van der Waals surface area (Å²) in [5.41, 5.74) is -1.43. The molecule has 0 radical (unpaired) electrons. The Hall–Kier alpha value is -1.39. The second kappa shape index (κ2) is 6.05. The molecule has 1 aromatic rings. The number of hydrogen-bond donors (Lipinski definition) is 0. The van der Waals surface area contributed by atoms with E-state index < -0.39 is 42.5 Å². The zero-order valence-electron chi connectivity index (χ0n) is 17.3. The maximum absolute atomic E-state index is 14.5. The molecule has 5 nitrogen and oxygen atoms in total. The molecule has 2 aliphatic rings. The van der Waals surface area contributed by atoms with Crippen molar-refractivity contribution in [3.63, 3.8) is 0 Å². The molecule has 0 amide bonds. The number of halogens is 1. The van der Waals surface area contributed by atoms with Gasteiger partial charge in [-0.05, 0) is 67.5 Å². The van der Waals surface area contributed by atoms with Crippen LogP contribution in [0.15, 0.2) is 12.1 Å². The second-order valence-corrected chi connectivity index (χ2v) is 9.25. The molecule has 0 atom stereocenters. The summed E-state index contributed by atoms with van der Waals surface area (Å²) in [5, 5.41) is 9.84. The minimum atomic E-state index is -0.846. The Morgan fingerprint density at radius 1 is 0.741 bits per heavy atom. The van der Waals surface area contributed by atoms with Gasteiger partial charge in [-0.2, -0.15) is 5.26 Å².